The SMILES string of the molecule is CC(=O)OC(C)=O.CCC(=O)OC(=O)CC.O=c1oc1=O. The Bertz CT molecular complexity index is 497. The van der Waals surface area contributed by atoms with E-state index in [2.05, 4.69) is 13.9 Å². The van der Waals surface area contributed by atoms with Crippen LogP contribution in [0.2, 0.25) is 0 Å². The molecule has 1 aromatic heterocycles. The van der Waals surface area contributed by atoms with Gasteiger partial charge in [0.25, 0.3) is 0 Å². The maximum absolute atomic E-state index is 10.3. The van der Waals surface area contributed by atoms with E-state index in [0.29, 0.717) is 0 Å². The lowest BCUT2D eigenvalue weighted by Gasteiger charge is -1.95. The van der Waals surface area contributed by atoms with Crippen molar-refractivity contribution < 1.29 is 33.1 Å². The van der Waals surface area contributed by atoms with Gasteiger partial charge >= 0.3 is 35.1 Å². The van der Waals surface area contributed by atoms with E-state index in [-0.39, 0.29) is 12.8 Å². The highest BCUT2D eigenvalue weighted by atomic mass is 16.6. The minimum atomic E-state index is -0.718. The molecule has 0 atom stereocenters. The molecule has 9 nitrogen and oxygen atoms in total. The Balaban J connectivity index is 0. The molecule has 0 unspecified atom stereocenters. The Hall–Kier alpha value is -2.58. The maximum Gasteiger partial charge on any atom is 0.426 e. The van der Waals surface area contributed by atoms with Gasteiger partial charge in [0.2, 0.25) is 0 Å². The van der Waals surface area contributed by atoms with Crippen molar-refractivity contribution >= 4 is 23.9 Å². The Morgan fingerprint density at radius 3 is 1.19 bits per heavy atom. The normalized spacial score (nSPS) is 8.57. The zero-order chi connectivity index (χ0) is 17.0. The first kappa shape index (κ1) is 20.7. The summed E-state index contributed by atoms with van der Waals surface area (Å²) in [7, 11) is 0. The number of rotatable bonds is 2. The van der Waals surface area contributed by atoms with Crippen molar-refractivity contribution in [3.8, 4) is 0 Å². The van der Waals surface area contributed by atoms with Crippen LogP contribution in [-0.4, -0.2) is 23.9 Å². The smallest absolute Gasteiger partial charge is 0.394 e. The molecule has 9 heteroatoms. The average Bonchev–Trinajstić information content (AvgIpc) is 3.01. The predicted molar refractivity (Wildman–Crippen MR) is 67.7 cm³/mol. The van der Waals surface area contributed by atoms with Crippen molar-refractivity contribution in [3.63, 3.8) is 0 Å². The van der Waals surface area contributed by atoms with Gasteiger partial charge in [-0.25, -0.2) is 9.59 Å². The largest absolute Gasteiger partial charge is 0.426 e. The topological polar surface area (TPSA) is 134 Å². The standard InChI is InChI=1S/C6H10O3.C4H6O3.C2O3/c1-3-5(7)9-6(8)4-2;1-3(5)7-4(2)6;3-1-2(4)5-1/h3-4H2,1-2H3;1-2H3;. The molecule has 0 N–H and O–H groups in total. The molecule has 0 radical (unpaired) electrons. The third kappa shape index (κ3) is 17.4. The maximum atomic E-state index is 10.3. The fourth-order valence-corrected chi connectivity index (χ4v) is 0.532. The molecule has 0 bridgehead atoms. The van der Waals surface area contributed by atoms with Crippen LogP contribution in [0.3, 0.4) is 0 Å². The first-order valence-corrected chi connectivity index (χ1v) is 5.82. The van der Waals surface area contributed by atoms with Gasteiger partial charge in [0.15, 0.2) is 0 Å². The molecule has 1 heterocycles. The summed E-state index contributed by atoms with van der Waals surface area (Å²) in [5.74, 6) is -2.04. The number of hydrogen-bond donors (Lipinski definition) is 0. The van der Waals surface area contributed by atoms with Crippen molar-refractivity contribution in [2.45, 2.75) is 40.5 Å². The molecule has 0 aromatic carbocycles. The van der Waals surface area contributed by atoms with Gasteiger partial charge in [0, 0.05) is 26.7 Å². The second kappa shape index (κ2) is 11.3. The third-order valence-corrected chi connectivity index (χ3v) is 1.40. The molecule has 0 aliphatic rings. The lowest BCUT2D eigenvalue weighted by molar-refractivity contribution is -0.160. The van der Waals surface area contributed by atoms with Crippen LogP contribution in [0, 0.1) is 0 Å². The molecule has 1 aromatic rings. The van der Waals surface area contributed by atoms with Crippen LogP contribution in [0.5, 0.6) is 0 Å². The van der Waals surface area contributed by atoms with Crippen molar-refractivity contribution in [3.05, 3.63) is 20.8 Å². The van der Waals surface area contributed by atoms with Crippen LogP contribution in [0.1, 0.15) is 40.5 Å². The number of carbonyl (C=O) groups is 4. The Labute approximate surface area is 119 Å². The van der Waals surface area contributed by atoms with E-state index in [1.54, 1.807) is 13.8 Å². The van der Waals surface area contributed by atoms with Gasteiger partial charge in [-0.15, -0.1) is 0 Å². The quantitative estimate of drug-likeness (QED) is 0.415. The average molecular weight is 304 g/mol. The highest BCUT2D eigenvalue weighted by Gasteiger charge is 2.03. The van der Waals surface area contributed by atoms with Crippen LogP contribution >= 0.6 is 0 Å². The summed E-state index contributed by atoms with van der Waals surface area (Å²) in [6.07, 6.45) is 0.511. The Kier molecular flexibility index (Phi) is 11.1. The van der Waals surface area contributed by atoms with Gasteiger partial charge in [0.05, 0.1) is 0 Å². The summed E-state index contributed by atoms with van der Waals surface area (Å²) in [5.41, 5.74) is -1.44. The van der Waals surface area contributed by atoms with Crippen LogP contribution in [0.15, 0.2) is 14.0 Å². The number of hydrogen-bond acceptors (Lipinski definition) is 9. The first-order valence-electron chi connectivity index (χ1n) is 5.82. The highest BCUT2D eigenvalue weighted by Crippen LogP contribution is 1.88. The molecule has 0 aliphatic heterocycles. The van der Waals surface area contributed by atoms with E-state index < -0.39 is 35.1 Å². The van der Waals surface area contributed by atoms with Crippen molar-refractivity contribution in [2.75, 3.05) is 0 Å². The first-order chi connectivity index (χ1) is 9.63. The molecule has 0 saturated heterocycles. The van der Waals surface area contributed by atoms with E-state index in [9.17, 15) is 28.8 Å². The van der Waals surface area contributed by atoms with Crippen molar-refractivity contribution in [1.82, 2.24) is 0 Å². The molecule has 0 saturated carbocycles. The third-order valence-electron chi connectivity index (χ3n) is 1.40. The zero-order valence-corrected chi connectivity index (χ0v) is 12.1. The Morgan fingerprint density at radius 2 is 1.10 bits per heavy atom. The summed E-state index contributed by atoms with van der Waals surface area (Å²) >= 11 is 0. The zero-order valence-electron chi connectivity index (χ0n) is 12.1. The molecular weight excluding hydrogens is 288 g/mol. The highest BCUT2D eigenvalue weighted by molar-refractivity contribution is 5.85. The fraction of sp³-hybridized carbons (Fsp3) is 0.500. The molecule has 0 fully saturated rings. The summed E-state index contributed by atoms with van der Waals surface area (Å²) in [6, 6.07) is 0. The lowest BCUT2D eigenvalue weighted by Crippen LogP contribution is -2.09. The van der Waals surface area contributed by atoms with Gasteiger partial charge in [0.1, 0.15) is 0 Å². The second-order valence-electron chi connectivity index (χ2n) is 3.32. The summed E-state index contributed by atoms with van der Waals surface area (Å²) in [4.78, 5) is 58.9. The number of esters is 4. The summed E-state index contributed by atoms with van der Waals surface area (Å²) in [6.45, 7) is 5.65. The van der Waals surface area contributed by atoms with Crippen LogP contribution < -0.4 is 11.3 Å². The van der Waals surface area contributed by atoms with E-state index in [1.165, 1.54) is 13.8 Å². The lowest BCUT2D eigenvalue weighted by atomic mass is 10.5. The molecule has 0 amide bonds. The van der Waals surface area contributed by atoms with Crippen molar-refractivity contribution in [1.29, 1.82) is 0 Å². The van der Waals surface area contributed by atoms with Gasteiger partial charge in [-0.05, 0) is 0 Å². The minimum Gasteiger partial charge on any atom is -0.394 e. The number of ether oxygens (including phenoxy) is 2. The predicted octanol–water partition coefficient (Wildman–Crippen LogP) is -0.152. The van der Waals surface area contributed by atoms with E-state index in [1.807, 2.05) is 0 Å². The van der Waals surface area contributed by atoms with Crippen molar-refractivity contribution in [2.24, 2.45) is 0 Å². The molecule has 0 aliphatic carbocycles. The van der Waals surface area contributed by atoms with E-state index in [0.717, 1.165) is 0 Å². The fourth-order valence-electron chi connectivity index (χ4n) is 0.532. The van der Waals surface area contributed by atoms with Crippen LogP contribution in [0.4, 0.5) is 0 Å². The summed E-state index contributed by atoms with van der Waals surface area (Å²) in [5, 5.41) is 0. The Morgan fingerprint density at radius 1 is 0.810 bits per heavy atom. The summed E-state index contributed by atoms with van der Waals surface area (Å²) < 4.78 is 11.9. The molecule has 0 spiro atoms. The minimum absolute atomic E-state index is 0.256. The van der Waals surface area contributed by atoms with Gasteiger partial charge < -0.3 is 13.9 Å². The van der Waals surface area contributed by atoms with Gasteiger partial charge in [-0.2, -0.15) is 0 Å². The molecule has 21 heavy (non-hydrogen) atoms. The van der Waals surface area contributed by atoms with E-state index >= 15 is 0 Å². The van der Waals surface area contributed by atoms with E-state index in [4.69, 9.17) is 0 Å². The van der Waals surface area contributed by atoms with Gasteiger partial charge in [-0.1, -0.05) is 13.8 Å². The second-order valence-corrected chi connectivity index (χ2v) is 3.32. The van der Waals surface area contributed by atoms with Crippen LogP contribution in [0.25, 0.3) is 0 Å². The molecule has 118 valence electrons. The molecule has 1 rings (SSSR count). The van der Waals surface area contributed by atoms with Crippen LogP contribution in [-0.2, 0) is 28.7 Å². The number of carbonyl (C=O) groups excluding carboxylic acids is 4. The van der Waals surface area contributed by atoms with Gasteiger partial charge in [-0.3, -0.25) is 19.2 Å². The monoisotopic (exact) mass is 304 g/mol. The molecular formula is C12H16O9.